The van der Waals surface area contributed by atoms with Gasteiger partial charge in [0.15, 0.2) is 5.78 Å². The van der Waals surface area contributed by atoms with Crippen molar-refractivity contribution in [3.63, 3.8) is 0 Å². The molecule has 0 aromatic rings. The van der Waals surface area contributed by atoms with Gasteiger partial charge >= 0.3 is 0 Å². The summed E-state index contributed by atoms with van der Waals surface area (Å²) in [6.07, 6.45) is 4.41. The number of Topliss-reactive ketones (excluding diaryl/α,β-unsaturated/α-hetero) is 1. The summed E-state index contributed by atoms with van der Waals surface area (Å²) >= 11 is 0. The normalized spacial score (nSPS) is 25.8. The molecule has 1 fully saturated rings. The van der Waals surface area contributed by atoms with E-state index in [1.807, 2.05) is 19.2 Å². The minimum absolute atomic E-state index is 0.140. The van der Waals surface area contributed by atoms with E-state index >= 15 is 0 Å². The lowest BCUT2D eigenvalue weighted by Crippen LogP contribution is -2.39. The quantitative estimate of drug-likeness (QED) is 0.709. The molecule has 1 unspecified atom stereocenters. The molecule has 0 radical (unpaired) electrons. The van der Waals surface area contributed by atoms with Crippen molar-refractivity contribution in [3.05, 3.63) is 11.8 Å². The van der Waals surface area contributed by atoms with E-state index in [4.69, 9.17) is 4.74 Å². The summed E-state index contributed by atoms with van der Waals surface area (Å²) in [7, 11) is 0. The fraction of sp³-hybridized carbons (Fsp3) is 0.667. The summed E-state index contributed by atoms with van der Waals surface area (Å²) in [5.41, 5.74) is 0.640. The number of aliphatic imine (C=N–C) groups is 1. The van der Waals surface area contributed by atoms with Gasteiger partial charge < -0.3 is 4.74 Å². The van der Waals surface area contributed by atoms with Crippen LogP contribution in [-0.2, 0) is 9.53 Å². The number of nitrogens with zero attached hydrogens (tertiary/aromatic N) is 2. The second-order valence-electron chi connectivity index (χ2n) is 4.18. The maximum atomic E-state index is 11.4. The molecule has 16 heavy (non-hydrogen) atoms. The zero-order valence-electron chi connectivity index (χ0n) is 9.69. The number of ether oxygens (including phenoxy) is 1. The summed E-state index contributed by atoms with van der Waals surface area (Å²) in [5.74, 6) is 0.435. The third-order valence-electron chi connectivity index (χ3n) is 2.96. The van der Waals surface area contributed by atoms with Crippen LogP contribution in [-0.4, -0.2) is 49.7 Å². The number of rotatable bonds is 4. The van der Waals surface area contributed by atoms with Crippen molar-refractivity contribution < 1.29 is 9.53 Å². The highest BCUT2D eigenvalue weighted by molar-refractivity contribution is 5.98. The molecule has 0 spiro atoms. The van der Waals surface area contributed by atoms with E-state index in [0.717, 1.165) is 32.8 Å². The maximum absolute atomic E-state index is 11.4. The molecular weight excluding hydrogens is 204 g/mol. The Morgan fingerprint density at radius 2 is 2.31 bits per heavy atom. The number of hydrogen-bond donors (Lipinski definition) is 0. The van der Waals surface area contributed by atoms with Gasteiger partial charge in [-0.05, 0) is 6.08 Å². The zero-order valence-corrected chi connectivity index (χ0v) is 9.69. The first-order valence-electron chi connectivity index (χ1n) is 5.89. The van der Waals surface area contributed by atoms with E-state index in [-0.39, 0.29) is 5.78 Å². The molecule has 0 amide bonds. The van der Waals surface area contributed by atoms with Gasteiger partial charge in [-0.15, -0.1) is 0 Å². The van der Waals surface area contributed by atoms with Crippen molar-refractivity contribution in [3.8, 4) is 0 Å². The van der Waals surface area contributed by atoms with Crippen molar-refractivity contribution in [2.75, 3.05) is 32.8 Å². The highest BCUT2D eigenvalue weighted by Gasteiger charge is 2.19. The topological polar surface area (TPSA) is 41.9 Å². The van der Waals surface area contributed by atoms with Gasteiger partial charge in [0.2, 0.25) is 0 Å². The van der Waals surface area contributed by atoms with Gasteiger partial charge in [0, 0.05) is 38.2 Å². The molecule has 2 heterocycles. The van der Waals surface area contributed by atoms with E-state index in [2.05, 4.69) is 9.89 Å². The Morgan fingerprint density at radius 1 is 1.56 bits per heavy atom. The molecule has 0 saturated carbocycles. The second-order valence-corrected chi connectivity index (χ2v) is 4.18. The number of hydrogen-bond acceptors (Lipinski definition) is 4. The lowest BCUT2D eigenvalue weighted by molar-refractivity contribution is -0.115. The van der Waals surface area contributed by atoms with Gasteiger partial charge in [-0.1, -0.05) is 6.92 Å². The Balaban J connectivity index is 1.86. The zero-order chi connectivity index (χ0) is 11.4. The molecule has 1 atom stereocenters. The standard InChI is InChI=1S/C12H18N2O2/c1-2-12(15)11-7-10(8-13-11)9-14-3-5-16-6-4-14/h7-8,10H,2-6,9H2,1H3. The summed E-state index contributed by atoms with van der Waals surface area (Å²) in [5, 5.41) is 0. The Bertz CT molecular complexity index is 317. The Kier molecular flexibility index (Phi) is 3.85. The molecule has 88 valence electrons. The van der Waals surface area contributed by atoms with E-state index in [9.17, 15) is 4.79 Å². The van der Waals surface area contributed by atoms with E-state index in [1.165, 1.54) is 0 Å². The van der Waals surface area contributed by atoms with Crippen molar-refractivity contribution in [2.24, 2.45) is 10.9 Å². The predicted octanol–water partition coefficient (Wildman–Crippen LogP) is 0.882. The van der Waals surface area contributed by atoms with Crippen LogP contribution in [0.4, 0.5) is 0 Å². The molecule has 4 heteroatoms. The number of ketones is 1. The molecule has 1 saturated heterocycles. The van der Waals surface area contributed by atoms with Gasteiger partial charge in [-0.2, -0.15) is 0 Å². The van der Waals surface area contributed by atoms with Gasteiger partial charge in [0.1, 0.15) is 5.70 Å². The van der Waals surface area contributed by atoms with Crippen molar-refractivity contribution in [1.82, 2.24) is 4.90 Å². The number of morpholine rings is 1. The molecule has 0 aromatic heterocycles. The first-order chi connectivity index (χ1) is 7.79. The SMILES string of the molecule is CCC(=O)C1=CC(CN2CCOCC2)C=N1. The highest BCUT2D eigenvalue weighted by atomic mass is 16.5. The average molecular weight is 222 g/mol. The molecule has 2 rings (SSSR count). The van der Waals surface area contributed by atoms with Crippen LogP contribution in [0.25, 0.3) is 0 Å². The van der Waals surface area contributed by atoms with Gasteiger partial charge in [0.05, 0.1) is 13.2 Å². The number of allylic oxidation sites excluding steroid dienone is 1. The lowest BCUT2D eigenvalue weighted by atomic mass is 10.1. The minimum Gasteiger partial charge on any atom is -0.379 e. The molecule has 2 aliphatic heterocycles. The lowest BCUT2D eigenvalue weighted by Gasteiger charge is -2.27. The van der Waals surface area contributed by atoms with E-state index < -0.39 is 0 Å². The fourth-order valence-corrected chi connectivity index (χ4v) is 1.99. The summed E-state index contributed by atoms with van der Waals surface area (Å²) < 4.78 is 5.30. The first kappa shape index (κ1) is 11.5. The van der Waals surface area contributed by atoms with E-state index in [0.29, 0.717) is 18.0 Å². The third-order valence-corrected chi connectivity index (χ3v) is 2.96. The Hall–Kier alpha value is -1.00. The Labute approximate surface area is 96.0 Å². The second kappa shape index (κ2) is 5.37. The van der Waals surface area contributed by atoms with Crippen molar-refractivity contribution in [1.29, 1.82) is 0 Å². The van der Waals surface area contributed by atoms with Gasteiger partial charge in [-0.25, -0.2) is 0 Å². The monoisotopic (exact) mass is 222 g/mol. The Morgan fingerprint density at radius 3 is 3.00 bits per heavy atom. The van der Waals surface area contributed by atoms with Crippen LogP contribution in [0.3, 0.4) is 0 Å². The molecule has 0 N–H and O–H groups in total. The van der Waals surface area contributed by atoms with E-state index in [1.54, 1.807) is 0 Å². The number of carbonyl (C=O) groups is 1. The average Bonchev–Trinajstić information content (AvgIpc) is 2.78. The van der Waals surface area contributed by atoms with Crippen LogP contribution in [0.1, 0.15) is 13.3 Å². The molecule has 2 aliphatic rings. The number of carbonyl (C=O) groups excluding carboxylic acids is 1. The van der Waals surface area contributed by atoms with Gasteiger partial charge in [0.25, 0.3) is 0 Å². The molecule has 0 bridgehead atoms. The van der Waals surface area contributed by atoms with Crippen molar-refractivity contribution in [2.45, 2.75) is 13.3 Å². The van der Waals surface area contributed by atoms with Crippen molar-refractivity contribution >= 4 is 12.0 Å². The minimum atomic E-state index is 0.140. The molecule has 0 aliphatic carbocycles. The highest BCUT2D eigenvalue weighted by Crippen LogP contribution is 2.15. The van der Waals surface area contributed by atoms with Crippen LogP contribution in [0, 0.1) is 5.92 Å². The summed E-state index contributed by atoms with van der Waals surface area (Å²) in [6.45, 7) is 6.41. The molecular formula is C12H18N2O2. The maximum Gasteiger partial charge on any atom is 0.180 e. The fourth-order valence-electron chi connectivity index (χ4n) is 1.99. The van der Waals surface area contributed by atoms with Crippen LogP contribution >= 0.6 is 0 Å². The predicted molar refractivity (Wildman–Crippen MR) is 62.6 cm³/mol. The van der Waals surface area contributed by atoms with Crippen LogP contribution < -0.4 is 0 Å². The van der Waals surface area contributed by atoms with Gasteiger partial charge in [-0.3, -0.25) is 14.7 Å². The van der Waals surface area contributed by atoms with Crippen LogP contribution in [0.2, 0.25) is 0 Å². The largest absolute Gasteiger partial charge is 0.379 e. The summed E-state index contributed by atoms with van der Waals surface area (Å²) in [4.78, 5) is 18.0. The molecule has 4 nitrogen and oxygen atoms in total. The first-order valence-corrected chi connectivity index (χ1v) is 5.89. The molecule has 0 aromatic carbocycles. The van der Waals surface area contributed by atoms with Crippen LogP contribution in [0.5, 0.6) is 0 Å². The summed E-state index contributed by atoms with van der Waals surface area (Å²) in [6, 6.07) is 0. The van der Waals surface area contributed by atoms with Crippen LogP contribution in [0.15, 0.2) is 16.8 Å². The smallest absolute Gasteiger partial charge is 0.180 e. The third kappa shape index (κ3) is 2.77.